The van der Waals surface area contributed by atoms with Gasteiger partial charge in [0, 0.05) is 6.04 Å². The first-order chi connectivity index (χ1) is 8.88. The number of likely N-dealkylation sites (tertiary alicyclic amines) is 1. The summed E-state index contributed by atoms with van der Waals surface area (Å²) >= 11 is 0. The van der Waals surface area contributed by atoms with Crippen LogP contribution in [0, 0.1) is 5.92 Å². The van der Waals surface area contributed by atoms with Gasteiger partial charge in [-0.3, -0.25) is 9.69 Å². The Morgan fingerprint density at radius 3 is 2.47 bits per heavy atom. The van der Waals surface area contributed by atoms with E-state index in [1.807, 2.05) is 27.7 Å². The lowest BCUT2D eigenvalue weighted by molar-refractivity contribution is -0.163. The Labute approximate surface area is 117 Å². The largest absolute Gasteiger partial charge is 0.459 e. The predicted molar refractivity (Wildman–Crippen MR) is 77.0 cm³/mol. The van der Waals surface area contributed by atoms with Gasteiger partial charge in [-0.05, 0) is 65.8 Å². The average molecular weight is 267 g/mol. The fourth-order valence-corrected chi connectivity index (χ4v) is 3.67. The highest BCUT2D eigenvalue weighted by atomic mass is 16.6. The van der Waals surface area contributed by atoms with Crippen LogP contribution in [-0.4, -0.2) is 35.1 Å². The van der Waals surface area contributed by atoms with E-state index in [4.69, 9.17) is 4.74 Å². The smallest absolute Gasteiger partial charge is 0.323 e. The molecule has 1 aliphatic heterocycles. The zero-order valence-corrected chi connectivity index (χ0v) is 12.9. The molecule has 1 heterocycles. The van der Waals surface area contributed by atoms with E-state index in [9.17, 15) is 4.79 Å². The summed E-state index contributed by atoms with van der Waals surface area (Å²) in [5.74, 6) is 0.756. The first kappa shape index (κ1) is 14.8. The van der Waals surface area contributed by atoms with Crippen molar-refractivity contribution < 1.29 is 9.53 Å². The van der Waals surface area contributed by atoms with Crippen LogP contribution in [0.2, 0.25) is 0 Å². The highest BCUT2D eigenvalue weighted by molar-refractivity contribution is 5.75. The molecule has 0 amide bonds. The predicted octanol–water partition coefficient (Wildman–Crippen LogP) is 3.37. The summed E-state index contributed by atoms with van der Waals surface area (Å²) < 4.78 is 5.55. The number of hydrogen-bond donors (Lipinski definition) is 0. The van der Waals surface area contributed by atoms with E-state index in [1.165, 1.54) is 38.5 Å². The minimum atomic E-state index is -0.382. The molecule has 19 heavy (non-hydrogen) atoms. The Morgan fingerprint density at radius 2 is 1.79 bits per heavy atom. The fraction of sp³-hybridized carbons (Fsp3) is 0.938. The number of ether oxygens (including phenoxy) is 1. The van der Waals surface area contributed by atoms with Crippen LogP contribution in [0.4, 0.5) is 0 Å². The number of carbonyl (C=O) groups is 1. The second-order valence-electron chi connectivity index (χ2n) is 7.20. The second kappa shape index (κ2) is 5.82. The average Bonchev–Trinajstić information content (AvgIpc) is 2.35. The number of hydrogen-bond acceptors (Lipinski definition) is 3. The summed E-state index contributed by atoms with van der Waals surface area (Å²) in [6, 6.07) is 0.523. The maximum Gasteiger partial charge on any atom is 0.323 e. The van der Waals surface area contributed by atoms with E-state index in [0.29, 0.717) is 6.04 Å². The normalized spacial score (nSPS) is 30.5. The molecule has 2 rings (SSSR count). The molecule has 1 saturated carbocycles. The zero-order valence-electron chi connectivity index (χ0n) is 12.9. The van der Waals surface area contributed by atoms with Crippen LogP contribution < -0.4 is 0 Å². The summed E-state index contributed by atoms with van der Waals surface area (Å²) in [4.78, 5) is 14.7. The van der Waals surface area contributed by atoms with Crippen molar-refractivity contribution in [3.05, 3.63) is 0 Å². The van der Waals surface area contributed by atoms with E-state index in [-0.39, 0.29) is 17.6 Å². The van der Waals surface area contributed by atoms with Gasteiger partial charge in [0.05, 0.1) is 0 Å². The van der Waals surface area contributed by atoms with Crippen molar-refractivity contribution in [1.82, 2.24) is 4.90 Å². The quantitative estimate of drug-likeness (QED) is 0.718. The van der Waals surface area contributed by atoms with Crippen molar-refractivity contribution in [3.63, 3.8) is 0 Å². The lowest BCUT2D eigenvalue weighted by Crippen LogP contribution is -2.54. The molecule has 3 atom stereocenters. The van der Waals surface area contributed by atoms with Crippen molar-refractivity contribution in [3.8, 4) is 0 Å². The first-order valence-electron chi connectivity index (χ1n) is 7.87. The van der Waals surface area contributed by atoms with Crippen LogP contribution >= 0.6 is 0 Å². The topological polar surface area (TPSA) is 29.5 Å². The van der Waals surface area contributed by atoms with Crippen molar-refractivity contribution in [1.29, 1.82) is 0 Å². The van der Waals surface area contributed by atoms with Crippen molar-refractivity contribution in [2.24, 2.45) is 5.92 Å². The van der Waals surface area contributed by atoms with Gasteiger partial charge in [-0.2, -0.15) is 0 Å². The molecule has 3 heteroatoms. The molecule has 2 aliphatic rings. The molecule has 0 aromatic heterocycles. The zero-order chi connectivity index (χ0) is 14.0. The van der Waals surface area contributed by atoms with Gasteiger partial charge in [0.2, 0.25) is 0 Å². The summed E-state index contributed by atoms with van der Waals surface area (Å²) in [5, 5.41) is 0. The molecule has 3 unspecified atom stereocenters. The molecule has 1 saturated heterocycles. The van der Waals surface area contributed by atoms with Crippen LogP contribution in [0.25, 0.3) is 0 Å². The van der Waals surface area contributed by atoms with Gasteiger partial charge < -0.3 is 4.74 Å². The SMILES string of the molecule is CC(C(=O)OC(C)(C)C)N1CCCC2CCCCC21. The van der Waals surface area contributed by atoms with Crippen molar-refractivity contribution >= 4 is 5.97 Å². The monoisotopic (exact) mass is 267 g/mol. The van der Waals surface area contributed by atoms with E-state index < -0.39 is 0 Å². The van der Waals surface area contributed by atoms with Gasteiger partial charge in [0.1, 0.15) is 11.6 Å². The standard InChI is InChI=1S/C16H29NO2/c1-12(15(18)19-16(2,3)4)17-11-7-9-13-8-5-6-10-14(13)17/h12-14H,5-11H2,1-4H3. The maximum absolute atomic E-state index is 12.3. The Balaban J connectivity index is 2.00. The number of piperidine rings is 1. The third kappa shape index (κ3) is 3.71. The van der Waals surface area contributed by atoms with Gasteiger partial charge in [0.25, 0.3) is 0 Å². The van der Waals surface area contributed by atoms with Crippen molar-refractivity contribution in [2.75, 3.05) is 6.54 Å². The lowest BCUT2D eigenvalue weighted by atomic mass is 9.78. The highest BCUT2D eigenvalue weighted by Crippen LogP contribution is 2.36. The Morgan fingerprint density at radius 1 is 1.16 bits per heavy atom. The lowest BCUT2D eigenvalue weighted by Gasteiger charge is -2.46. The van der Waals surface area contributed by atoms with E-state index >= 15 is 0 Å². The Bertz CT molecular complexity index is 319. The number of rotatable bonds is 2. The van der Waals surface area contributed by atoms with Gasteiger partial charge >= 0.3 is 5.97 Å². The van der Waals surface area contributed by atoms with E-state index in [0.717, 1.165) is 12.5 Å². The second-order valence-corrected chi connectivity index (χ2v) is 7.20. The van der Waals surface area contributed by atoms with Crippen LogP contribution in [-0.2, 0) is 9.53 Å². The van der Waals surface area contributed by atoms with Crippen LogP contribution in [0.1, 0.15) is 66.2 Å². The molecule has 0 aromatic rings. The van der Waals surface area contributed by atoms with Gasteiger partial charge in [-0.15, -0.1) is 0 Å². The number of esters is 1. The van der Waals surface area contributed by atoms with Crippen LogP contribution in [0.15, 0.2) is 0 Å². The summed E-state index contributed by atoms with van der Waals surface area (Å²) in [6.45, 7) is 8.90. The minimum absolute atomic E-state index is 0.0567. The molecule has 0 bridgehead atoms. The van der Waals surface area contributed by atoms with Crippen LogP contribution in [0.5, 0.6) is 0 Å². The molecule has 1 aliphatic carbocycles. The summed E-state index contributed by atoms with van der Waals surface area (Å²) in [5.41, 5.74) is -0.382. The molecule has 0 aromatic carbocycles. The first-order valence-corrected chi connectivity index (χ1v) is 7.87. The van der Waals surface area contributed by atoms with E-state index in [2.05, 4.69) is 4.90 Å². The fourth-order valence-electron chi connectivity index (χ4n) is 3.67. The summed E-state index contributed by atoms with van der Waals surface area (Å²) in [6.07, 6.45) is 7.88. The maximum atomic E-state index is 12.3. The van der Waals surface area contributed by atoms with Crippen molar-refractivity contribution in [2.45, 2.75) is 83.9 Å². The number of fused-ring (bicyclic) bond motifs is 1. The Hall–Kier alpha value is -0.570. The number of carbonyl (C=O) groups excluding carboxylic acids is 1. The summed E-state index contributed by atoms with van der Waals surface area (Å²) in [7, 11) is 0. The molecular weight excluding hydrogens is 238 g/mol. The van der Waals surface area contributed by atoms with Gasteiger partial charge in [-0.1, -0.05) is 12.8 Å². The van der Waals surface area contributed by atoms with E-state index in [1.54, 1.807) is 0 Å². The molecule has 3 nitrogen and oxygen atoms in total. The van der Waals surface area contributed by atoms with Gasteiger partial charge in [0.15, 0.2) is 0 Å². The molecular formula is C16H29NO2. The molecule has 0 spiro atoms. The Kier molecular flexibility index (Phi) is 4.54. The third-order valence-electron chi connectivity index (χ3n) is 4.53. The molecule has 0 N–H and O–H groups in total. The van der Waals surface area contributed by atoms with Gasteiger partial charge in [-0.25, -0.2) is 0 Å². The molecule has 0 radical (unpaired) electrons. The third-order valence-corrected chi connectivity index (χ3v) is 4.53. The van der Waals surface area contributed by atoms with Crippen LogP contribution in [0.3, 0.4) is 0 Å². The minimum Gasteiger partial charge on any atom is -0.459 e. The molecule has 2 fully saturated rings. The number of nitrogens with zero attached hydrogens (tertiary/aromatic N) is 1. The molecule has 110 valence electrons. The highest BCUT2D eigenvalue weighted by Gasteiger charge is 2.38.